The second-order valence-electron chi connectivity index (χ2n) is 4.39. The average Bonchev–Trinajstić information content (AvgIpc) is 2.87. The fourth-order valence-electron chi connectivity index (χ4n) is 1.81. The highest BCUT2D eigenvalue weighted by Crippen LogP contribution is 2.17. The van der Waals surface area contributed by atoms with Gasteiger partial charge in [-0.1, -0.05) is 6.92 Å². The first-order chi connectivity index (χ1) is 8.60. The summed E-state index contributed by atoms with van der Waals surface area (Å²) in [5.74, 6) is 0.654. The molecule has 1 heterocycles. The number of nitrogens with zero attached hydrogens (tertiary/aromatic N) is 1. The van der Waals surface area contributed by atoms with E-state index in [-0.39, 0.29) is 18.1 Å². The lowest BCUT2D eigenvalue weighted by Gasteiger charge is -2.24. The Morgan fingerprint density at radius 1 is 1.56 bits per heavy atom. The molecule has 1 N–H and O–H groups in total. The molecule has 5 heteroatoms. The van der Waals surface area contributed by atoms with Gasteiger partial charge >= 0.3 is 5.97 Å². The van der Waals surface area contributed by atoms with Crippen molar-refractivity contribution in [3.8, 4) is 0 Å². The fourth-order valence-corrected chi connectivity index (χ4v) is 1.81. The summed E-state index contributed by atoms with van der Waals surface area (Å²) in [5.41, 5.74) is 0. The van der Waals surface area contributed by atoms with Crippen LogP contribution in [0.3, 0.4) is 0 Å². The quantitative estimate of drug-likeness (QED) is 0.746. The van der Waals surface area contributed by atoms with Gasteiger partial charge in [0.2, 0.25) is 0 Å². The molecule has 2 unspecified atom stereocenters. The molecule has 0 bridgehead atoms. The first-order valence-electron chi connectivity index (χ1n) is 6.11. The van der Waals surface area contributed by atoms with Gasteiger partial charge in [-0.05, 0) is 32.6 Å². The minimum atomic E-state index is -0.271. The van der Waals surface area contributed by atoms with Crippen molar-refractivity contribution < 1.29 is 13.9 Å². The van der Waals surface area contributed by atoms with Crippen molar-refractivity contribution in [2.24, 2.45) is 0 Å². The first kappa shape index (κ1) is 14.7. The van der Waals surface area contributed by atoms with E-state index in [1.807, 2.05) is 33.2 Å². The van der Waals surface area contributed by atoms with E-state index in [2.05, 4.69) is 10.2 Å². The third-order valence-electron chi connectivity index (χ3n) is 2.95. The van der Waals surface area contributed by atoms with Gasteiger partial charge in [-0.15, -0.1) is 0 Å². The fraction of sp³-hybridized carbons (Fsp3) is 0.615. The molecule has 1 rings (SSSR count). The van der Waals surface area contributed by atoms with Gasteiger partial charge in [0.1, 0.15) is 11.8 Å². The standard InChI is InChI=1S/C13H22N2O3/c1-5-10(13(16)17-4)14-9-11(15(2)3)12-7-6-8-18-12/h6-8,10-11,14H,5,9H2,1-4H3. The lowest BCUT2D eigenvalue weighted by atomic mass is 10.1. The van der Waals surface area contributed by atoms with E-state index in [4.69, 9.17) is 9.15 Å². The normalized spacial score (nSPS) is 14.5. The highest BCUT2D eigenvalue weighted by Gasteiger charge is 2.21. The van der Waals surface area contributed by atoms with Crippen LogP contribution in [-0.4, -0.2) is 44.7 Å². The molecule has 18 heavy (non-hydrogen) atoms. The molecule has 0 aliphatic carbocycles. The van der Waals surface area contributed by atoms with Crippen LogP contribution in [0.5, 0.6) is 0 Å². The van der Waals surface area contributed by atoms with Crippen molar-refractivity contribution in [3.05, 3.63) is 24.2 Å². The second-order valence-corrected chi connectivity index (χ2v) is 4.39. The molecule has 1 aromatic rings. The molecule has 0 aliphatic rings. The van der Waals surface area contributed by atoms with Gasteiger partial charge in [-0.25, -0.2) is 0 Å². The Labute approximate surface area is 108 Å². The number of hydrogen-bond donors (Lipinski definition) is 1. The highest BCUT2D eigenvalue weighted by molar-refractivity contribution is 5.75. The second kappa shape index (κ2) is 7.18. The van der Waals surface area contributed by atoms with E-state index in [9.17, 15) is 4.79 Å². The summed E-state index contributed by atoms with van der Waals surface area (Å²) in [7, 11) is 5.37. The number of furan rings is 1. The van der Waals surface area contributed by atoms with Crippen LogP contribution in [-0.2, 0) is 9.53 Å². The van der Waals surface area contributed by atoms with Crippen molar-refractivity contribution in [1.29, 1.82) is 0 Å². The molecular formula is C13H22N2O3. The van der Waals surface area contributed by atoms with Crippen LogP contribution in [0.2, 0.25) is 0 Å². The molecule has 0 spiro atoms. The van der Waals surface area contributed by atoms with E-state index in [0.717, 1.165) is 5.76 Å². The number of carbonyl (C=O) groups is 1. The number of nitrogens with one attached hydrogen (secondary N) is 1. The highest BCUT2D eigenvalue weighted by atomic mass is 16.5. The zero-order chi connectivity index (χ0) is 13.5. The number of rotatable bonds is 7. The van der Waals surface area contributed by atoms with Gasteiger partial charge < -0.3 is 14.5 Å². The Kier molecular flexibility index (Phi) is 5.88. The van der Waals surface area contributed by atoms with E-state index in [1.54, 1.807) is 6.26 Å². The van der Waals surface area contributed by atoms with Crippen LogP contribution < -0.4 is 5.32 Å². The Hall–Kier alpha value is -1.33. The zero-order valence-corrected chi connectivity index (χ0v) is 11.5. The number of methoxy groups -OCH3 is 1. The minimum Gasteiger partial charge on any atom is -0.468 e. The van der Waals surface area contributed by atoms with Crippen molar-refractivity contribution in [2.45, 2.75) is 25.4 Å². The molecule has 0 aliphatic heterocycles. The Morgan fingerprint density at radius 3 is 2.72 bits per heavy atom. The van der Waals surface area contributed by atoms with Crippen LogP contribution in [0.1, 0.15) is 25.1 Å². The Morgan fingerprint density at radius 2 is 2.28 bits per heavy atom. The van der Waals surface area contributed by atoms with E-state index in [0.29, 0.717) is 13.0 Å². The van der Waals surface area contributed by atoms with Gasteiger partial charge in [0, 0.05) is 6.54 Å². The lowest BCUT2D eigenvalue weighted by Crippen LogP contribution is -2.41. The summed E-state index contributed by atoms with van der Waals surface area (Å²) in [4.78, 5) is 13.5. The number of likely N-dealkylation sites (N-methyl/N-ethyl adjacent to an activating group) is 1. The number of hydrogen-bond acceptors (Lipinski definition) is 5. The zero-order valence-electron chi connectivity index (χ0n) is 11.5. The third-order valence-corrected chi connectivity index (χ3v) is 2.95. The van der Waals surface area contributed by atoms with E-state index in [1.165, 1.54) is 7.11 Å². The molecular weight excluding hydrogens is 232 g/mol. The molecule has 1 aromatic heterocycles. The van der Waals surface area contributed by atoms with Crippen LogP contribution in [0, 0.1) is 0 Å². The summed E-state index contributed by atoms with van der Waals surface area (Å²) in [6, 6.07) is 3.63. The summed E-state index contributed by atoms with van der Waals surface area (Å²) >= 11 is 0. The summed E-state index contributed by atoms with van der Waals surface area (Å²) < 4.78 is 10.2. The Balaban J connectivity index is 2.60. The van der Waals surface area contributed by atoms with Crippen LogP contribution in [0.25, 0.3) is 0 Å². The van der Waals surface area contributed by atoms with Crippen LogP contribution >= 0.6 is 0 Å². The molecule has 5 nitrogen and oxygen atoms in total. The molecule has 2 atom stereocenters. The maximum atomic E-state index is 11.5. The molecule has 102 valence electrons. The predicted molar refractivity (Wildman–Crippen MR) is 69.2 cm³/mol. The summed E-state index contributed by atoms with van der Waals surface area (Å²) in [6.45, 7) is 2.58. The topological polar surface area (TPSA) is 54.7 Å². The largest absolute Gasteiger partial charge is 0.468 e. The van der Waals surface area contributed by atoms with Crippen molar-refractivity contribution in [2.75, 3.05) is 27.7 Å². The van der Waals surface area contributed by atoms with E-state index < -0.39 is 0 Å². The first-order valence-corrected chi connectivity index (χ1v) is 6.11. The predicted octanol–water partition coefficient (Wildman–Crippen LogP) is 1.42. The van der Waals surface area contributed by atoms with Crippen molar-refractivity contribution in [3.63, 3.8) is 0 Å². The molecule has 0 saturated carbocycles. The lowest BCUT2D eigenvalue weighted by molar-refractivity contribution is -0.143. The number of esters is 1. The molecule has 0 saturated heterocycles. The van der Waals surface area contributed by atoms with Gasteiger partial charge in [-0.2, -0.15) is 0 Å². The van der Waals surface area contributed by atoms with Crippen molar-refractivity contribution in [1.82, 2.24) is 10.2 Å². The average molecular weight is 254 g/mol. The van der Waals surface area contributed by atoms with Gasteiger partial charge in [0.25, 0.3) is 0 Å². The summed E-state index contributed by atoms with van der Waals surface area (Å²) in [6.07, 6.45) is 2.36. The van der Waals surface area contributed by atoms with Gasteiger partial charge in [0.15, 0.2) is 0 Å². The van der Waals surface area contributed by atoms with Gasteiger partial charge in [0.05, 0.1) is 19.4 Å². The third kappa shape index (κ3) is 3.85. The molecule has 0 amide bonds. The Bertz CT molecular complexity index is 349. The summed E-state index contributed by atoms with van der Waals surface area (Å²) in [5, 5.41) is 3.21. The molecule has 0 radical (unpaired) electrons. The molecule has 0 fully saturated rings. The number of ether oxygens (including phenoxy) is 1. The smallest absolute Gasteiger partial charge is 0.322 e. The van der Waals surface area contributed by atoms with Crippen molar-refractivity contribution >= 4 is 5.97 Å². The van der Waals surface area contributed by atoms with Gasteiger partial charge in [-0.3, -0.25) is 9.69 Å². The monoisotopic (exact) mass is 254 g/mol. The minimum absolute atomic E-state index is 0.0960. The van der Waals surface area contributed by atoms with Crippen LogP contribution in [0.15, 0.2) is 22.8 Å². The SMILES string of the molecule is CCC(NCC(c1ccco1)N(C)C)C(=O)OC. The maximum Gasteiger partial charge on any atom is 0.322 e. The van der Waals surface area contributed by atoms with Crippen LogP contribution in [0.4, 0.5) is 0 Å². The molecule has 0 aromatic carbocycles. The number of carbonyl (C=O) groups excluding carboxylic acids is 1. The maximum absolute atomic E-state index is 11.5. The van der Waals surface area contributed by atoms with E-state index >= 15 is 0 Å².